The number of likely N-dealkylation sites (tertiary alicyclic amines) is 1. The Morgan fingerprint density at radius 2 is 2.00 bits per heavy atom. The predicted molar refractivity (Wildman–Crippen MR) is 131 cm³/mol. The SMILES string of the molecule is CCc1cc(C2CC2)c(-c2nnc(CI)[nH]2)cc1C(=O)N1CC(F)(c2ccc(C#N)cc2)C1. The van der Waals surface area contributed by atoms with Crippen molar-refractivity contribution >= 4 is 28.5 Å². The molecule has 1 N–H and O–H groups in total. The zero-order valence-electron chi connectivity index (χ0n) is 18.2. The molecule has 33 heavy (non-hydrogen) atoms. The lowest BCUT2D eigenvalue weighted by molar-refractivity contribution is -0.0231. The maximum atomic E-state index is 15.4. The Bertz CT molecular complexity index is 1250. The van der Waals surface area contributed by atoms with Crippen LogP contribution in [0.2, 0.25) is 0 Å². The summed E-state index contributed by atoms with van der Waals surface area (Å²) in [6.07, 6.45) is 3.00. The molecule has 1 saturated carbocycles. The number of rotatable bonds is 6. The minimum atomic E-state index is -1.59. The molecule has 2 heterocycles. The van der Waals surface area contributed by atoms with Gasteiger partial charge in [-0.15, -0.1) is 10.2 Å². The van der Waals surface area contributed by atoms with Crippen LogP contribution in [0, 0.1) is 11.3 Å². The number of H-pyrrole nitrogens is 1. The molecule has 0 radical (unpaired) electrons. The van der Waals surface area contributed by atoms with E-state index in [0.29, 0.717) is 28.4 Å². The van der Waals surface area contributed by atoms with Crippen LogP contribution in [0.1, 0.15) is 64.1 Å². The lowest BCUT2D eigenvalue weighted by atomic mass is 9.86. The van der Waals surface area contributed by atoms with Crippen LogP contribution in [-0.4, -0.2) is 39.1 Å². The molecule has 1 aliphatic carbocycles. The summed E-state index contributed by atoms with van der Waals surface area (Å²) in [4.78, 5) is 18.3. The van der Waals surface area contributed by atoms with Gasteiger partial charge in [-0.1, -0.05) is 47.7 Å². The van der Waals surface area contributed by atoms with Crippen LogP contribution in [0.3, 0.4) is 0 Å². The van der Waals surface area contributed by atoms with Crippen molar-refractivity contribution < 1.29 is 9.18 Å². The number of aryl methyl sites for hydroxylation is 1. The van der Waals surface area contributed by atoms with Crippen molar-refractivity contribution in [2.75, 3.05) is 13.1 Å². The first kappa shape index (κ1) is 22.0. The number of alkyl halides is 2. The van der Waals surface area contributed by atoms with Crippen LogP contribution in [0.5, 0.6) is 0 Å². The van der Waals surface area contributed by atoms with Gasteiger partial charge in [-0.3, -0.25) is 4.79 Å². The van der Waals surface area contributed by atoms with Crippen LogP contribution in [0.15, 0.2) is 36.4 Å². The number of aromatic amines is 1. The summed E-state index contributed by atoms with van der Waals surface area (Å²) < 4.78 is 16.2. The van der Waals surface area contributed by atoms with E-state index in [-0.39, 0.29) is 19.0 Å². The molecule has 1 saturated heterocycles. The van der Waals surface area contributed by atoms with E-state index in [9.17, 15) is 4.79 Å². The molecule has 3 aromatic rings. The van der Waals surface area contributed by atoms with E-state index < -0.39 is 5.67 Å². The minimum absolute atomic E-state index is 0.00187. The standard InChI is InChI=1S/C25H23FIN5O/c1-2-16-9-19(17-5-6-17)21(23-29-22(11-27)30-31-23)10-20(16)24(33)32-13-25(26,14-32)18-7-3-15(12-28)4-8-18/h3-4,7-10,17H,2,5-6,11,13-14H2,1H3,(H,29,30,31). The van der Waals surface area contributed by atoms with E-state index >= 15 is 4.39 Å². The van der Waals surface area contributed by atoms with Gasteiger partial charge in [-0.05, 0) is 60.1 Å². The summed E-state index contributed by atoms with van der Waals surface area (Å²) in [7, 11) is 0. The monoisotopic (exact) mass is 555 g/mol. The van der Waals surface area contributed by atoms with E-state index in [1.807, 2.05) is 19.1 Å². The Balaban J connectivity index is 1.44. The largest absolute Gasteiger partial charge is 0.331 e. The number of aromatic nitrogens is 3. The molecule has 168 valence electrons. The van der Waals surface area contributed by atoms with E-state index in [4.69, 9.17) is 5.26 Å². The molecule has 0 atom stereocenters. The topological polar surface area (TPSA) is 85.7 Å². The fraction of sp³-hybridized carbons (Fsp3) is 0.360. The van der Waals surface area contributed by atoms with Crippen molar-refractivity contribution in [1.82, 2.24) is 20.1 Å². The number of nitrogens with zero attached hydrogens (tertiary/aromatic N) is 4. The Labute approximate surface area is 205 Å². The van der Waals surface area contributed by atoms with Gasteiger partial charge in [0.05, 0.1) is 29.1 Å². The number of hydrogen-bond acceptors (Lipinski definition) is 4. The Morgan fingerprint density at radius 3 is 2.58 bits per heavy atom. The summed E-state index contributed by atoms with van der Waals surface area (Å²) in [6, 6.07) is 12.6. The zero-order chi connectivity index (χ0) is 23.2. The van der Waals surface area contributed by atoms with Gasteiger partial charge < -0.3 is 9.88 Å². The van der Waals surface area contributed by atoms with Crippen LogP contribution in [0.4, 0.5) is 4.39 Å². The second kappa shape index (κ2) is 8.52. The van der Waals surface area contributed by atoms with Gasteiger partial charge in [0.1, 0.15) is 5.82 Å². The molecule has 1 aromatic heterocycles. The predicted octanol–water partition coefficient (Wildman–Crippen LogP) is 5.04. The average molecular weight is 555 g/mol. The number of halogens is 2. The van der Waals surface area contributed by atoms with Gasteiger partial charge in [0.15, 0.2) is 11.5 Å². The van der Waals surface area contributed by atoms with Crippen LogP contribution in [-0.2, 0) is 16.5 Å². The number of carbonyl (C=O) groups excluding carboxylic acids is 1. The van der Waals surface area contributed by atoms with E-state index in [2.05, 4.69) is 43.8 Å². The van der Waals surface area contributed by atoms with Gasteiger partial charge >= 0.3 is 0 Å². The summed E-state index contributed by atoms with van der Waals surface area (Å²) in [5.41, 5.74) is 3.11. The molecule has 6 nitrogen and oxygen atoms in total. The highest BCUT2D eigenvalue weighted by Crippen LogP contribution is 2.45. The van der Waals surface area contributed by atoms with Crippen molar-refractivity contribution in [3.63, 3.8) is 0 Å². The van der Waals surface area contributed by atoms with Gasteiger partial charge in [0, 0.05) is 11.1 Å². The molecule has 0 bridgehead atoms. The smallest absolute Gasteiger partial charge is 0.254 e. The molecule has 1 amide bonds. The lowest BCUT2D eigenvalue weighted by Gasteiger charge is -2.45. The van der Waals surface area contributed by atoms with E-state index in [1.54, 1.807) is 29.2 Å². The minimum Gasteiger partial charge on any atom is -0.331 e. The summed E-state index contributed by atoms with van der Waals surface area (Å²) in [5.74, 6) is 1.81. The first-order chi connectivity index (χ1) is 16.0. The van der Waals surface area contributed by atoms with Crippen LogP contribution >= 0.6 is 22.6 Å². The number of nitriles is 1. The van der Waals surface area contributed by atoms with E-state index in [1.165, 1.54) is 5.56 Å². The van der Waals surface area contributed by atoms with Gasteiger partial charge in [-0.2, -0.15) is 5.26 Å². The number of nitrogens with one attached hydrogen (secondary N) is 1. The second-order valence-electron chi connectivity index (χ2n) is 8.79. The quantitative estimate of drug-likeness (QED) is 0.341. The first-order valence-electron chi connectivity index (χ1n) is 11.1. The highest BCUT2D eigenvalue weighted by atomic mass is 127. The van der Waals surface area contributed by atoms with Crippen LogP contribution in [0.25, 0.3) is 11.4 Å². The van der Waals surface area contributed by atoms with Crippen molar-refractivity contribution in [2.45, 2.75) is 42.2 Å². The van der Waals surface area contributed by atoms with Gasteiger partial charge in [0.25, 0.3) is 5.91 Å². The number of benzene rings is 2. The first-order valence-corrected chi connectivity index (χ1v) is 12.6. The lowest BCUT2D eigenvalue weighted by Crippen LogP contribution is -2.58. The molecule has 8 heteroatoms. The summed E-state index contributed by atoms with van der Waals surface area (Å²) >= 11 is 2.24. The van der Waals surface area contributed by atoms with E-state index in [0.717, 1.165) is 40.6 Å². The Kier molecular flexibility index (Phi) is 5.69. The summed E-state index contributed by atoms with van der Waals surface area (Å²) in [5, 5.41) is 17.5. The van der Waals surface area contributed by atoms with Crippen LogP contribution < -0.4 is 0 Å². The van der Waals surface area contributed by atoms with Crippen molar-refractivity contribution in [3.05, 3.63) is 70.0 Å². The maximum absolute atomic E-state index is 15.4. The zero-order valence-corrected chi connectivity index (χ0v) is 20.4. The summed E-state index contributed by atoms with van der Waals surface area (Å²) in [6.45, 7) is 2.04. The van der Waals surface area contributed by atoms with Crippen molar-refractivity contribution in [3.8, 4) is 17.5 Å². The fourth-order valence-corrected chi connectivity index (χ4v) is 4.81. The molecule has 5 rings (SSSR count). The highest BCUT2D eigenvalue weighted by molar-refractivity contribution is 14.1. The third kappa shape index (κ3) is 4.03. The molecular formula is C25H23FIN5O. The number of hydrogen-bond donors (Lipinski definition) is 1. The second-order valence-corrected chi connectivity index (χ2v) is 9.56. The molecule has 2 fully saturated rings. The Hall–Kier alpha value is -2.80. The molecule has 2 aliphatic rings. The van der Waals surface area contributed by atoms with Crippen molar-refractivity contribution in [2.24, 2.45) is 0 Å². The molecule has 1 aliphatic heterocycles. The number of carbonyl (C=O) groups is 1. The highest BCUT2D eigenvalue weighted by Gasteiger charge is 2.47. The molecule has 0 unspecified atom stereocenters. The fourth-order valence-electron chi connectivity index (χ4n) is 4.47. The van der Waals surface area contributed by atoms with Crippen molar-refractivity contribution in [1.29, 1.82) is 5.26 Å². The van der Waals surface area contributed by atoms with Gasteiger partial charge in [0.2, 0.25) is 0 Å². The average Bonchev–Trinajstić information content (AvgIpc) is 3.57. The molecule has 2 aromatic carbocycles. The number of amides is 1. The Morgan fingerprint density at radius 1 is 1.27 bits per heavy atom. The molecule has 0 spiro atoms. The maximum Gasteiger partial charge on any atom is 0.254 e. The molecular weight excluding hydrogens is 532 g/mol. The van der Waals surface area contributed by atoms with Gasteiger partial charge in [-0.25, -0.2) is 4.39 Å². The third-order valence-electron chi connectivity index (χ3n) is 6.52. The normalized spacial score (nSPS) is 16.8. The third-order valence-corrected chi connectivity index (χ3v) is 7.24.